The maximum Gasteiger partial charge on any atom is 0.316 e. The van der Waals surface area contributed by atoms with Crippen molar-refractivity contribution in [3.05, 3.63) is 35.6 Å². The third-order valence-electron chi connectivity index (χ3n) is 3.27. The lowest BCUT2D eigenvalue weighted by atomic mass is 9.93. The van der Waals surface area contributed by atoms with E-state index in [1.807, 2.05) is 52.0 Å². The second-order valence-corrected chi connectivity index (χ2v) is 5.12. The Morgan fingerprint density at radius 1 is 1.37 bits per heavy atom. The SMILES string of the molecule is CCOC(=O)C(c1cc2cccc(C)c2o1)C(C)C. The van der Waals surface area contributed by atoms with Crippen molar-refractivity contribution < 1.29 is 13.9 Å². The van der Waals surface area contributed by atoms with Gasteiger partial charge in [0, 0.05) is 5.39 Å². The van der Waals surface area contributed by atoms with Gasteiger partial charge in [0.25, 0.3) is 0 Å². The number of furan rings is 1. The Kier molecular flexibility index (Phi) is 3.93. The maximum atomic E-state index is 12.1. The number of carbonyl (C=O) groups is 1. The molecule has 1 heterocycles. The second kappa shape index (κ2) is 5.47. The minimum atomic E-state index is -0.341. The van der Waals surface area contributed by atoms with Crippen molar-refractivity contribution in [3.63, 3.8) is 0 Å². The summed E-state index contributed by atoms with van der Waals surface area (Å²) in [6.45, 7) is 8.22. The van der Waals surface area contributed by atoms with Crippen LogP contribution in [0.5, 0.6) is 0 Å². The van der Waals surface area contributed by atoms with Gasteiger partial charge in [0.15, 0.2) is 0 Å². The molecular weight excluding hydrogens is 240 g/mol. The number of esters is 1. The van der Waals surface area contributed by atoms with E-state index in [-0.39, 0.29) is 17.8 Å². The molecule has 1 aromatic heterocycles. The predicted octanol–water partition coefficient (Wildman–Crippen LogP) is 4.04. The highest BCUT2D eigenvalue weighted by Gasteiger charge is 2.29. The Balaban J connectivity index is 2.45. The van der Waals surface area contributed by atoms with Crippen LogP contribution in [0.15, 0.2) is 28.7 Å². The molecular formula is C16H20O3. The van der Waals surface area contributed by atoms with Crippen molar-refractivity contribution in [2.45, 2.75) is 33.6 Å². The topological polar surface area (TPSA) is 39.4 Å². The molecule has 1 unspecified atom stereocenters. The fraction of sp³-hybridized carbons (Fsp3) is 0.438. The molecule has 0 amide bonds. The lowest BCUT2D eigenvalue weighted by Crippen LogP contribution is -2.20. The zero-order valence-corrected chi connectivity index (χ0v) is 11.9. The molecule has 0 fully saturated rings. The van der Waals surface area contributed by atoms with Gasteiger partial charge in [-0.3, -0.25) is 4.79 Å². The number of para-hydroxylation sites is 1. The smallest absolute Gasteiger partial charge is 0.316 e. The Morgan fingerprint density at radius 3 is 2.68 bits per heavy atom. The molecule has 0 N–H and O–H groups in total. The summed E-state index contributed by atoms with van der Waals surface area (Å²) in [6.07, 6.45) is 0. The molecule has 2 rings (SSSR count). The Morgan fingerprint density at radius 2 is 2.11 bits per heavy atom. The third kappa shape index (κ3) is 2.65. The molecule has 0 spiro atoms. The van der Waals surface area contributed by atoms with Crippen LogP contribution in [0.3, 0.4) is 0 Å². The number of benzene rings is 1. The highest BCUT2D eigenvalue weighted by Crippen LogP contribution is 2.32. The first-order chi connectivity index (χ1) is 9.04. The molecule has 102 valence electrons. The number of fused-ring (bicyclic) bond motifs is 1. The molecule has 0 saturated carbocycles. The average molecular weight is 260 g/mol. The van der Waals surface area contributed by atoms with Crippen LogP contribution in [0.4, 0.5) is 0 Å². The molecule has 3 nitrogen and oxygen atoms in total. The summed E-state index contributed by atoms with van der Waals surface area (Å²) < 4.78 is 11.0. The first kappa shape index (κ1) is 13.7. The Hall–Kier alpha value is -1.77. The van der Waals surface area contributed by atoms with Crippen LogP contribution in [0.1, 0.15) is 38.0 Å². The van der Waals surface area contributed by atoms with Crippen LogP contribution in [-0.2, 0) is 9.53 Å². The van der Waals surface area contributed by atoms with E-state index < -0.39 is 0 Å². The van der Waals surface area contributed by atoms with Crippen molar-refractivity contribution >= 4 is 16.9 Å². The van der Waals surface area contributed by atoms with E-state index in [4.69, 9.17) is 9.15 Å². The number of ether oxygens (including phenoxy) is 1. The number of carbonyl (C=O) groups excluding carboxylic acids is 1. The summed E-state index contributed by atoms with van der Waals surface area (Å²) in [5, 5.41) is 1.03. The van der Waals surface area contributed by atoms with Crippen molar-refractivity contribution in [3.8, 4) is 0 Å². The first-order valence-electron chi connectivity index (χ1n) is 6.70. The number of hydrogen-bond donors (Lipinski definition) is 0. The zero-order chi connectivity index (χ0) is 14.0. The minimum absolute atomic E-state index is 0.139. The van der Waals surface area contributed by atoms with E-state index in [0.29, 0.717) is 12.4 Å². The van der Waals surface area contributed by atoms with Gasteiger partial charge in [0.2, 0.25) is 0 Å². The highest BCUT2D eigenvalue weighted by atomic mass is 16.5. The summed E-state index contributed by atoms with van der Waals surface area (Å²) in [5.74, 6) is 0.277. The lowest BCUT2D eigenvalue weighted by molar-refractivity contribution is -0.146. The number of hydrogen-bond acceptors (Lipinski definition) is 3. The molecule has 2 aromatic rings. The van der Waals surface area contributed by atoms with E-state index in [1.165, 1.54) is 0 Å². The van der Waals surface area contributed by atoms with Gasteiger partial charge in [-0.15, -0.1) is 0 Å². The van der Waals surface area contributed by atoms with Gasteiger partial charge >= 0.3 is 5.97 Å². The largest absolute Gasteiger partial charge is 0.465 e. The van der Waals surface area contributed by atoms with Crippen LogP contribution >= 0.6 is 0 Å². The molecule has 0 radical (unpaired) electrons. The van der Waals surface area contributed by atoms with E-state index in [9.17, 15) is 4.79 Å². The maximum absolute atomic E-state index is 12.1. The van der Waals surface area contributed by atoms with E-state index >= 15 is 0 Å². The van der Waals surface area contributed by atoms with E-state index in [1.54, 1.807) is 0 Å². The number of rotatable bonds is 4. The summed E-state index contributed by atoms with van der Waals surface area (Å²) >= 11 is 0. The zero-order valence-electron chi connectivity index (χ0n) is 11.9. The Labute approximate surface area is 113 Å². The van der Waals surface area contributed by atoms with Crippen LogP contribution in [0.2, 0.25) is 0 Å². The van der Waals surface area contributed by atoms with Crippen LogP contribution in [-0.4, -0.2) is 12.6 Å². The fourth-order valence-electron chi connectivity index (χ4n) is 2.33. The summed E-state index contributed by atoms with van der Waals surface area (Å²) in [7, 11) is 0. The Bertz CT molecular complexity index is 581. The molecule has 0 aliphatic rings. The van der Waals surface area contributed by atoms with Crippen LogP contribution in [0.25, 0.3) is 11.0 Å². The second-order valence-electron chi connectivity index (χ2n) is 5.12. The molecule has 3 heteroatoms. The molecule has 1 aromatic carbocycles. The van der Waals surface area contributed by atoms with E-state index in [2.05, 4.69) is 0 Å². The van der Waals surface area contributed by atoms with Gasteiger partial charge in [-0.05, 0) is 31.4 Å². The van der Waals surface area contributed by atoms with Gasteiger partial charge in [0.05, 0.1) is 6.61 Å². The third-order valence-corrected chi connectivity index (χ3v) is 3.27. The molecule has 19 heavy (non-hydrogen) atoms. The highest BCUT2D eigenvalue weighted by molar-refractivity contribution is 5.84. The molecule has 0 bridgehead atoms. The first-order valence-corrected chi connectivity index (χ1v) is 6.70. The van der Waals surface area contributed by atoms with Gasteiger partial charge in [-0.25, -0.2) is 0 Å². The standard InChI is InChI=1S/C16H20O3/c1-5-18-16(17)14(10(2)3)13-9-12-8-6-7-11(4)15(12)19-13/h6-10,14H,5H2,1-4H3. The number of aryl methyl sites for hydroxylation is 1. The van der Waals surface area contributed by atoms with Crippen molar-refractivity contribution in [2.24, 2.45) is 5.92 Å². The van der Waals surface area contributed by atoms with Crippen LogP contribution < -0.4 is 0 Å². The van der Waals surface area contributed by atoms with Crippen molar-refractivity contribution in [2.75, 3.05) is 6.61 Å². The van der Waals surface area contributed by atoms with Crippen LogP contribution in [0, 0.1) is 12.8 Å². The molecule has 0 aliphatic carbocycles. The normalized spacial score (nSPS) is 12.9. The van der Waals surface area contributed by atoms with Crippen molar-refractivity contribution in [1.29, 1.82) is 0 Å². The fourth-order valence-corrected chi connectivity index (χ4v) is 2.33. The lowest BCUT2D eigenvalue weighted by Gasteiger charge is -2.16. The molecule has 0 aliphatic heterocycles. The van der Waals surface area contributed by atoms with Crippen molar-refractivity contribution in [1.82, 2.24) is 0 Å². The monoisotopic (exact) mass is 260 g/mol. The van der Waals surface area contributed by atoms with Gasteiger partial charge in [-0.2, -0.15) is 0 Å². The molecule has 0 saturated heterocycles. The summed E-state index contributed by atoms with van der Waals surface area (Å²) in [4.78, 5) is 12.1. The molecule has 1 atom stereocenters. The van der Waals surface area contributed by atoms with Gasteiger partial charge in [0.1, 0.15) is 17.3 Å². The predicted molar refractivity (Wildman–Crippen MR) is 75.2 cm³/mol. The van der Waals surface area contributed by atoms with Gasteiger partial charge < -0.3 is 9.15 Å². The average Bonchev–Trinajstić information content (AvgIpc) is 2.74. The van der Waals surface area contributed by atoms with E-state index in [0.717, 1.165) is 16.5 Å². The quantitative estimate of drug-likeness (QED) is 0.779. The summed E-state index contributed by atoms with van der Waals surface area (Å²) in [5.41, 5.74) is 1.93. The van der Waals surface area contributed by atoms with Gasteiger partial charge in [-0.1, -0.05) is 32.0 Å². The summed E-state index contributed by atoms with van der Waals surface area (Å²) in [6, 6.07) is 7.94. The minimum Gasteiger partial charge on any atom is -0.465 e.